The first-order valence-electron chi connectivity index (χ1n) is 6.82. The van der Waals surface area contributed by atoms with Crippen molar-refractivity contribution in [2.75, 3.05) is 18.0 Å². The monoisotopic (exact) mass is 235 g/mol. The van der Waals surface area contributed by atoms with Crippen LogP contribution >= 0.6 is 0 Å². The Hall–Kier alpha value is -1.06. The molecule has 1 aromatic heterocycles. The fourth-order valence-corrected chi connectivity index (χ4v) is 2.72. The summed E-state index contributed by atoms with van der Waals surface area (Å²) in [6.45, 7) is 6.35. The van der Waals surface area contributed by atoms with E-state index in [0.29, 0.717) is 5.92 Å². The lowest BCUT2D eigenvalue weighted by Gasteiger charge is -2.30. The molecule has 2 heterocycles. The van der Waals surface area contributed by atoms with Gasteiger partial charge in [-0.15, -0.1) is 0 Å². The predicted molar refractivity (Wildman–Crippen MR) is 66.0 cm³/mol. The van der Waals surface area contributed by atoms with E-state index in [1.165, 1.54) is 25.7 Å². The molecule has 94 valence electrons. The lowest BCUT2D eigenvalue weighted by atomic mass is 9.92. The second-order valence-corrected chi connectivity index (χ2v) is 5.75. The van der Waals surface area contributed by atoms with Gasteiger partial charge in [0.25, 0.3) is 0 Å². The van der Waals surface area contributed by atoms with Crippen LogP contribution < -0.4 is 4.90 Å². The molecular formula is C13H21N3O. The summed E-state index contributed by atoms with van der Waals surface area (Å²) in [7, 11) is 0. The van der Waals surface area contributed by atoms with Crippen molar-refractivity contribution in [3.05, 3.63) is 5.82 Å². The molecule has 0 unspecified atom stereocenters. The number of nitrogens with zero attached hydrogens (tertiary/aromatic N) is 3. The number of anilines is 1. The van der Waals surface area contributed by atoms with Crippen molar-refractivity contribution in [2.24, 2.45) is 11.8 Å². The summed E-state index contributed by atoms with van der Waals surface area (Å²) in [5.41, 5.74) is 0. The molecule has 1 aromatic rings. The normalized spacial score (nSPS) is 22.4. The van der Waals surface area contributed by atoms with Gasteiger partial charge in [0.05, 0.1) is 0 Å². The third-order valence-corrected chi connectivity index (χ3v) is 4.05. The maximum absolute atomic E-state index is 5.34. The minimum atomic E-state index is 0.344. The van der Waals surface area contributed by atoms with Crippen LogP contribution in [0.15, 0.2) is 4.52 Å². The summed E-state index contributed by atoms with van der Waals surface area (Å²) in [5.74, 6) is 3.16. The van der Waals surface area contributed by atoms with Gasteiger partial charge in [-0.05, 0) is 37.5 Å². The summed E-state index contributed by atoms with van der Waals surface area (Å²) >= 11 is 0. The molecule has 0 atom stereocenters. The molecule has 4 heteroatoms. The van der Waals surface area contributed by atoms with Gasteiger partial charge in [-0.2, -0.15) is 4.98 Å². The predicted octanol–water partition coefficient (Wildman–Crippen LogP) is 2.82. The molecule has 0 amide bonds. The second-order valence-electron chi connectivity index (χ2n) is 5.75. The molecular weight excluding hydrogens is 214 g/mol. The van der Waals surface area contributed by atoms with E-state index in [-0.39, 0.29) is 0 Å². The number of aromatic nitrogens is 2. The average molecular weight is 235 g/mol. The number of piperidine rings is 1. The zero-order valence-electron chi connectivity index (χ0n) is 10.7. The van der Waals surface area contributed by atoms with E-state index in [2.05, 4.69) is 28.9 Å². The highest BCUT2D eigenvalue weighted by atomic mass is 16.5. The van der Waals surface area contributed by atoms with E-state index in [1.807, 2.05) is 0 Å². The first-order valence-corrected chi connectivity index (χ1v) is 6.82. The molecule has 2 aliphatic rings. The van der Waals surface area contributed by atoms with E-state index in [9.17, 15) is 0 Å². The largest absolute Gasteiger partial charge is 0.324 e. The van der Waals surface area contributed by atoms with Crippen LogP contribution in [0.5, 0.6) is 0 Å². The minimum absolute atomic E-state index is 0.344. The van der Waals surface area contributed by atoms with Crippen LogP contribution in [0.3, 0.4) is 0 Å². The number of hydrogen-bond acceptors (Lipinski definition) is 4. The van der Waals surface area contributed by atoms with E-state index in [1.54, 1.807) is 0 Å². The first kappa shape index (κ1) is 11.1. The van der Waals surface area contributed by atoms with Gasteiger partial charge >= 0.3 is 6.01 Å². The molecule has 4 nitrogen and oxygen atoms in total. The second kappa shape index (κ2) is 4.31. The number of hydrogen-bond donors (Lipinski definition) is 0. The molecule has 1 aliphatic carbocycles. The van der Waals surface area contributed by atoms with Gasteiger partial charge in [0.15, 0.2) is 5.82 Å². The van der Waals surface area contributed by atoms with Gasteiger partial charge in [0.1, 0.15) is 0 Å². The van der Waals surface area contributed by atoms with E-state index in [0.717, 1.165) is 36.8 Å². The maximum Gasteiger partial charge on any atom is 0.324 e. The van der Waals surface area contributed by atoms with Gasteiger partial charge in [-0.25, -0.2) is 0 Å². The lowest BCUT2D eigenvalue weighted by Crippen LogP contribution is -2.34. The highest BCUT2D eigenvalue weighted by Gasteiger charge is 2.34. The lowest BCUT2D eigenvalue weighted by molar-refractivity contribution is 0.337. The van der Waals surface area contributed by atoms with E-state index >= 15 is 0 Å². The fraction of sp³-hybridized carbons (Fsp3) is 0.846. The van der Waals surface area contributed by atoms with Gasteiger partial charge in [0, 0.05) is 19.0 Å². The summed E-state index contributed by atoms with van der Waals surface area (Å²) in [6.07, 6.45) is 5.51. The summed E-state index contributed by atoms with van der Waals surface area (Å²) in [5, 5.41) is 4.03. The van der Waals surface area contributed by atoms with Crippen molar-refractivity contribution in [2.45, 2.75) is 45.4 Å². The molecule has 0 aromatic carbocycles. The van der Waals surface area contributed by atoms with Crippen LogP contribution in [0.1, 0.15) is 51.3 Å². The highest BCUT2D eigenvalue weighted by molar-refractivity contribution is 5.26. The fourth-order valence-electron chi connectivity index (χ4n) is 2.72. The summed E-state index contributed by atoms with van der Waals surface area (Å²) < 4.78 is 5.34. The van der Waals surface area contributed by atoms with E-state index in [4.69, 9.17) is 4.52 Å². The highest BCUT2D eigenvalue weighted by Crippen LogP contribution is 2.42. The Bertz CT molecular complexity index is 376. The molecule has 17 heavy (non-hydrogen) atoms. The van der Waals surface area contributed by atoms with Crippen molar-refractivity contribution in [1.29, 1.82) is 0 Å². The van der Waals surface area contributed by atoms with Crippen LogP contribution in [0, 0.1) is 11.8 Å². The van der Waals surface area contributed by atoms with Crippen molar-refractivity contribution in [1.82, 2.24) is 10.1 Å². The Balaban J connectivity index is 1.61. The Labute approximate surface area is 102 Å². The molecule has 2 fully saturated rings. The zero-order chi connectivity index (χ0) is 11.8. The average Bonchev–Trinajstić information content (AvgIpc) is 3.06. The Morgan fingerprint density at radius 3 is 2.29 bits per heavy atom. The van der Waals surface area contributed by atoms with Gasteiger partial charge in [0.2, 0.25) is 0 Å². The molecule has 1 saturated carbocycles. The minimum Gasteiger partial charge on any atom is -0.324 e. The standard InChI is InChI=1S/C13H21N3O/c1-9(2)12-14-13(17-15-12)16-7-5-11(6-8-16)10-3-4-10/h9-11H,3-8H2,1-2H3. The third-order valence-electron chi connectivity index (χ3n) is 4.05. The van der Waals surface area contributed by atoms with E-state index < -0.39 is 0 Å². The molecule has 0 radical (unpaired) electrons. The van der Waals surface area contributed by atoms with Crippen LogP contribution in [0.25, 0.3) is 0 Å². The molecule has 1 saturated heterocycles. The molecule has 0 bridgehead atoms. The Morgan fingerprint density at radius 2 is 1.76 bits per heavy atom. The third kappa shape index (κ3) is 2.31. The smallest absolute Gasteiger partial charge is 0.324 e. The van der Waals surface area contributed by atoms with Gasteiger partial charge in [-0.1, -0.05) is 19.0 Å². The van der Waals surface area contributed by atoms with Crippen LogP contribution in [0.4, 0.5) is 6.01 Å². The summed E-state index contributed by atoms with van der Waals surface area (Å²) in [4.78, 5) is 6.71. The topological polar surface area (TPSA) is 42.2 Å². The van der Waals surface area contributed by atoms with Crippen LogP contribution in [-0.4, -0.2) is 23.2 Å². The summed E-state index contributed by atoms with van der Waals surface area (Å²) in [6, 6.07) is 0.725. The van der Waals surface area contributed by atoms with Crippen molar-refractivity contribution in [3.8, 4) is 0 Å². The maximum atomic E-state index is 5.34. The first-order chi connectivity index (χ1) is 8.24. The van der Waals surface area contributed by atoms with Crippen LogP contribution in [-0.2, 0) is 0 Å². The number of rotatable bonds is 3. The van der Waals surface area contributed by atoms with Gasteiger partial charge < -0.3 is 9.42 Å². The zero-order valence-corrected chi connectivity index (χ0v) is 10.7. The molecule has 0 spiro atoms. The SMILES string of the molecule is CC(C)c1noc(N2CCC(C3CC3)CC2)n1. The van der Waals surface area contributed by atoms with Gasteiger partial charge in [-0.3, -0.25) is 0 Å². The molecule has 3 rings (SSSR count). The quantitative estimate of drug-likeness (QED) is 0.808. The Kier molecular flexibility index (Phi) is 2.81. The van der Waals surface area contributed by atoms with Crippen molar-refractivity contribution in [3.63, 3.8) is 0 Å². The van der Waals surface area contributed by atoms with Crippen molar-refractivity contribution < 1.29 is 4.52 Å². The Morgan fingerprint density at radius 1 is 1.12 bits per heavy atom. The van der Waals surface area contributed by atoms with Crippen LogP contribution in [0.2, 0.25) is 0 Å². The molecule has 0 N–H and O–H groups in total. The molecule has 1 aliphatic heterocycles. The van der Waals surface area contributed by atoms with Crippen molar-refractivity contribution >= 4 is 6.01 Å².